The molecule has 1 aromatic heterocycles. The highest BCUT2D eigenvalue weighted by atomic mass is 16.5. The van der Waals surface area contributed by atoms with E-state index in [1.807, 2.05) is 12.1 Å². The zero-order chi connectivity index (χ0) is 22.1. The highest BCUT2D eigenvalue weighted by Crippen LogP contribution is 2.33. The number of anilines is 1. The standard InChI is InChI=1S/C24H31N5O2/c1-17(14-26-11-12-31-3)19-9-10-22(21(13-19)18-7-5-4-6-8-18)29-24(30)23-27-16-20(28-23)15-25-2/h7,9-10,13,15-16,26H,1,4-6,8,11-12,14H2,2-3H3,(H,27,28)(H,29,30). The monoisotopic (exact) mass is 421 g/mol. The van der Waals surface area contributed by atoms with Gasteiger partial charge in [-0.1, -0.05) is 18.7 Å². The molecule has 164 valence electrons. The number of allylic oxidation sites excluding steroid dienone is 2. The van der Waals surface area contributed by atoms with E-state index in [-0.39, 0.29) is 11.7 Å². The van der Waals surface area contributed by atoms with Crippen molar-refractivity contribution in [1.82, 2.24) is 15.3 Å². The number of hydrogen-bond donors (Lipinski definition) is 3. The molecule has 1 heterocycles. The first-order valence-electron chi connectivity index (χ1n) is 10.6. The number of aliphatic imine (C=N–C) groups is 1. The Labute approximate surface area is 183 Å². The summed E-state index contributed by atoms with van der Waals surface area (Å²) in [4.78, 5) is 23.9. The molecule has 1 aliphatic rings. The number of amides is 1. The van der Waals surface area contributed by atoms with Gasteiger partial charge in [-0.2, -0.15) is 0 Å². The van der Waals surface area contributed by atoms with Crippen LogP contribution < -0.4 is 10.6 Å². The van der Waals surface area contributed by atoms with Crippen molar-refractivity contribution in [3.05, 3.63) is 59.7 Å². The van der Waals surface area contributed by atoms with Crippen molar-refractivity contribution in [3.63, 3.8) is 0 Å². The fourth-order valence-electron chi connectivity index (χ4n) is 3.57. The quantitative estimate of drug-likeness (QED) is 0.401. The minimum Gasteiger partial charge on any atom is -0.383 e. The molecule has 3 rings (SSSR count). The summed E-state index contributed by atoms with van der Waals surface area (Å²) in [6.07, 6.45) is 9.92. The van der Waals surface area contributed by atoms with Crippen molar-refractivity contribution in [2.24, 2.45) is 4.99 Å². The molecular weight excluding hydrogens is 390 g/mol. The average Bonchev–Trinajstić information content (AvgIpc) is 3.26. The van der Waals surface area contributed by atoms with Gasteiger partial charge in [0, 0.05) is 44.7 Å². The normalized spacial score (nSPS) is 13.9. The van der Waals surface area contributed by atoms with E-state index in [1.165, 1.54) is 12.0 Å². The van der Waals surface area contributed by atoms with Crippen LogP contribution in [0.5, 0.6) is 0 Å². The molecule has 0 unspecified atom stereocenters. The van der Waals surface area contributed by atoms with Gasteiger partial charge in [-0.15, -0.1) is 0 Å². The van der Waals surface area contributed by atoms with E-state index < -0.39 is 0 Å². The zero-order valence-corrected chi connectivity index (χ0v) is 18.3. The number of H-pyrrole nitrogens is 1. The van der Waals surface area contributed by atoms with Crippen LogP contribution in [0.3, 0.4) is 0 Å². The third-order valence-electron chi connectivity index (χ3n) is 5.21. The predicted octanol–water partition coefficient (Wildman–Crippen LogP) is 3.92. The van der Waals surface area contributed by atoms with Crippen molar-refractivity contribution < 1.29 is 9.53 Å². The number of aromatic amines is 1. The third kappa shape index (κ3) is 6.23. The van der Waals surface area contributed by atoms with Gasteiger partial charge in [-0.3, -0.25) is 9.79 Å². The Kier molecular flexibility index (Phi) is 8.32. The van der Waals surface area contributed by atoms with E-state index in [0.29, 0.717) is 18.8 Å². The summed E-state index contributed by atoms with van der Waals surface area (Å²) in [6.45, 7) is 6.35. The van der Waals surface area contributed by atoms with Gasteiger partial charge >= 0.3 is 0 Å². The molecule has 0 spiro atoms. The Morgan fingerprint density at radius 3 is 3.00 bits per heavy atom. The third-order valence-corrected chi connectivity index (χ3v) is 5.21. The topological polar surface area (TPSA) is 91.4 Å². The molecule has 1 amide bonds. The molecule has 0 atom stereocenters. The van der Waals surface area contributed by atoms with E-state index in [4.69, 9.17) is 4.74 Å². The summed E-state index contributed by atoms with van der Waals surface area (Å²) in [5.41, 5.74) is 5.84. The molecule has 1 aromatic carbocycles. The molecule has 1 aliphatic carbocycles. The van der Waals surface area contributed by atoms with Gasteiger partial charge in [0.25, 0.3) is 5.91 Å². The minimum absolute atomic E-state index is 0.259. The number of rotatable bonds is 10. The van der Waals surface area contributed by atoms with Gasteiger partial charge in [0.15, 0.2) is 5.82 Å². The van der Waals surface area contributed by atoms with Crippen molar-refractivity contribution in [2.45, 2.75) is 25.7 Å². The number of hydrogen-bond acceptors (Lipinski definition) is 5. The number of carbonyl (C=O) groups excluding carboxylic acids is 1. The Morgan fingerprint density at radius 2 is 2.26 bits per heavy atom. The summed E-state index contributed by atoms with van der Waals surface area (Å²) in [6, 6.07) is 6.08. The summed E-state index contributed by atoms with van der Waals surface area (Å²) >= 11 is 0. The van der Waals surface area contributed by atoms with Crippen LogP contribution in [0.2, 0.25) is 0 Å². The van der Waals surface area contributed by atoms with E-state index in [1.54, 1.807) is 26.6 Å². The Hall–Kier alpha value is -3.03. The molecule has 0 fully saturated rings. The summed E-state index contributed by atoms with van der Waals surface area (Å²) in [5.74, 6) is -0.0180. The molecule has 31 heavy (non-hydrogen) atoms. The molecule has 0 saturated heterocycles. The minimum atomic E-state index is -0.277. The van der Waals surface area contributed by atoms with Crippen molar-refractivity contribution >= 4 is 29.0 Å². The number of methoxy groups -OCH3 is 1. The fraction of sp³-hybridized carbons (Fsp3) is 0.375. The molecule has 3 N–H and O–H groups in total. The number of imidazole rings is 1. The van der Waals surface area contributed by atoms with Gasteiger partial charge in [0.2, 0.25) is 0 Å². The fourth-order valence-corrected chi connectivity index (χ4v) is 3.57. The zero-order valence-electron chi connectivity index (χ0n) is 18.3. The van der Waals surface area contributed by atoms with E-state index >= 15 is 0 Å². The molecule has 0 radical (unpaired) electrons. The molecule has 0 bridgehead atoms. The number of nitrogens with one attached hydrogen (secondary N) is 3. The lowest BCUT2D eigenvalue weighted by atomic mass is 9.90. The summed E-state index contributed by atoms with van der Waals surface area (Å²) in [7, 11) is 3.36. The Bertz CT molecular complexity index is 974. The van der Waals surface area contributed by atoms with Gasteiger partial charge in [-0.05, 0) is 54.5 Å². The SMILES string of the molecule is C=C(CNCCOC)c1ccc(NC(=O)c2ncc(C=NC)[nH]2)c(C2=CCCCC2)c1. The Balaban J connectivity index is 1.82. The second kappa shape index (κ2) is 11.4. The molecule has 0 aliphatic heterocycles. The van der Waals surface area contributed by atoms with Crippen molar-refractivity contribution in [1.29, 1.82) is 0 Å². The van der Waals surface area contributed by atoms with Crippen molar-refractivity contribution in [3.8, 4) is 0 Å². The number of nitrogens with zero attached hydrogens (tertiary/aromatic N) is 2. The van der Waals surface area contributed by atoms with Gasteiger partial charge in [0.05, 0.1) is 18.5 Å². The highest BCUT2D eigenvalue weighted by Gasteiger charge is 2.17. The van der Waals surface area contributed by atoms with Crippen LogP contribution in [-0.4, -0.2) is 55.9 Å². The van der Waals surface area contributed by atoms with Crippen LogP contribution in [0.25, 0.3) is 11.1 Å². The maximum Gasteiger partial charge on any atom is 0.291 e. The second-order valence-corrected chi connectivity index (χ2v) is 7.54. The Morgan fingerprint density at radius 1 is 1.39 bits per heavy atom. The van der Waals surface area contributed by atoms with Gasteiger partial charge in [-0.25, -0.2) is 4.98 Å². The lowest BCUT2D eigenvalue weighted by molar-refractivity contribution is 0.101. The van der Waals surface area contributed by atoms with Crippen LogP contribution in [0.4, 0.5) is 5.69 Å². The van der Waals surface area contributed by atoms with Crippen molar-refractivity contribution in [2.75, 3.05) is 39.2 Å². The maximum absolute atomic E-state index is 12.8. The maximum atomic E-state index is 12.8. The molecule has 7 nitrogen and oxygen atoms in total. The lowest BCUT2D eigenvalue weighted by Crippen LogP contribution is -2.21. The first kappa shape index (κ1) is 22.7. The van der Waals surface area contributed by atoms with Crippen LogP contribution in [-0.2, 0) is 4.74 Å². The number of benzene rings is 1. The first-order chi connectivity index (χ1) is 15.1. The summed E-state index contributed by atoms with van der Waals surface area (Å²) < 4.78 is 5.08. The van der Waals surface area contributed by atoms with Crippen LogP contribution in [0.1, 0.15) is 53.1 Å². The predicted molar refractivity (Wildman–Crippen MR) is 127 cm³/mol. The van der Waals surface area contributed by atoms with Crippen LogP contribution in [0, 0.1) is 0 Å². The van der Waals surface area contributed by atoms with E-state index in [2.05, 4.69) is 44.3 Å². The molecule has 7 heteroatoms. The van der Waals surface area contributed by atoms with Crippen LogP contribution in [0.15, 0.2) is 42.0 Å². The molecule has 2 aromatic rings. The highest BCUT2D eigenvalue weighted by molar-refractivity contribution is 6.04. The van der Waals surface area contributed by atoms with E-state index in [0.717, 1.165) is 48.2 Å². The molecular formula is C24H31N5O2. The largest absolute Gasteiger partial charge is 0.383 e. The summed E-state index contributed by atoms with van der Waals surface area (Å²) in [5, 5.41) is 6.36. The molecule has 0 saturated carbocycles. The average molecular weight is 422 g/mol. The van der Waals surface area contributed by atoms with E-state index in [9.17, 15) is 4.79 Å². The lowest BCUT2D eigenvalue weighted by Gasteiger charge is -2.19. The first-order valence-corrected chi connectivity index (χ1v) is 10.6. The smallest absolute Gasteiger partial charge is 0.291 e. The van der Waals surface area contributed by atoms with Gasteiger partial charge in [0.1, 0.15) is 0 Å². The number of aromatic nitrogens is 2. The van der Waals surface area contributed by atoms with Crippen LogP contribution >= 0.6 is 0 Å². The second-order valence-electron chi connectivity index (χ2n) is 7.54. The number of carbonyl (C=O) groups is 1. The number of ether oxygens (including phenoxy) is 1. The van der Waals surface area contributed by atoms with Gasteiger partial charge < -0.3 is 20.4 Å².